The van der Waals surface area contributed by atoms with Crippen molar-refractivity contribution in [1.29, 1.82) is 0 Å². The molecule has 1 spiro atoms. The average molecular weight is 288 g/mol. The van der Waals surface area contributed by atoms with Crippen LogP contribution in [0.15, 0.2) is 18.2 Å². The van der Waals surface area contributed by atoms with E-state index in [2.05, 4.69) is 12.1 Å². The first-order chi connectivity index (χ1) is 9.76. The number of rotatable bonds is 0. The zero-order valence-electron chi connectivity index (χ0n) is 13.1. The van der Waals surface area contributed by atoms with Gasteiger partial charge in [0.1, 0.15) is 5.60 Å². The molecule has 1 aliphatic heterocycles. The molecule has 2 aliphatic rings. The van der Waals surface area contributed by atoms with Gasteiger partial charge in [0, 0.05) is 18.8 Å². The average Bonchev–Trinajstić information content (AvgIpc) is 2.90. The summed E-state index contributed by atoms with van der Waals surface area (Å²) in [6.45, 7) is 7.30. The number of benzene rings is 1. The van der Waals surface area contributed by atoms with Crippen LogP contribution in [-0.2, 0) is 17.6 Å². The van der Waals surface area contributed by atoms with Crippen LogP contribution in [0.1, 0.15) is 38.3 Å². The quantitative estimate of drug-likeness (QED) is 0.747. The van der Waals surface area contributed by atoms with E-state index in [1.54, 1.807) is 0 Å². The Balaban J connectivity index is 1.70. The molecule has 1 atom stereocenters. The summed E-state index contributed by atoms with van der Waals surface area (Å²) in [5.41, 5.74) is 9.19. The van der Waals surface area contributed by atoms with E-state index in [1.165, 1.54) is 11.1 Å². The molecule has 4 heteroatoms. The van der Waals surface area contributed by atoms with E-state index in [-0.39, 0.29) is 11.5 Å². The number of amides is 1. The fraction of sp³-hybridized carbons (Fsp3) is 0.588. The van der Waals surface area contributed by atoms with Crippen molar-refractivity contribution >= 4 is 11.8 Å². The highest BCUT2D eigenvalue weighted by Crippen LogP contribution is 2.44. The summed E-state index contributed by atoms with van der Waals surface area (Å²) in [6.07, 6.45) is 2.92. The molecule has 1 heterocycles. The molecule has 0 bridgehead atoms. The van der Waals surface area contributed by atoms with Crippen molar-refractivity contribution < 1.29 is 9.53 Å². The zero-order valence-corrected chi connectivity index (χ0v) is 13.1. The van der Waals surface area contributed by atoms with Gasteiger partial charge in [-0.3, -0.25) is 0 Å². The molecule has 0 radical (unpaired) electrons. The van der Waals surface area contributed by atoms with Crippen molar-refractivity contribution in [2.75, 3.05) is 18.8 Å². The summed E-state index contributed by atoms with van der Waals surface area (Å²) < 4.78 is 5.49. The summed E-state index contributed by atoms with van der Waals surface area (Å²) in [6, 6.07) is 6.19. The topological polar surface area (TPSA) is 55.6 Å². The maximum atomic E-state index is 12.2. The van der Waals surface area contributed by atoms with Crippen LogP contribution in [0.3, 0.4) is 0 Å². The van der Waals surface area contributed by atoms with Gasteiger partial charge in [0.15, 0.2) is 0 Å². The second kappa shape index (κ2) is 4.65. The third-order valence-electron chi connectivity index (χ3n) is 4.45. The molecule has 1 aromatic rings. The summed E-state index contributed by atoms with van der Waals surface area (Å²) in [5, 5.41) is 0. The van der Waals surface area contributed by atoms with Crippen molar-refractivity contribution in [1.82, 2.24) is 4.90 Å². The van der Waals surface area contributed by atoms with Gasteiger partial charge in [-0.2, -0.15) is 0 Å². The molecule has 4 nitrogen and oxygen atoms in total. The fourth-order valence-electron chi connectivity index (χ4n) is 3.56. The first-order valence-electron chi connectivity index (χ1n) is 7.62. The highest BCUT2D eigenvalue weighted by molar-refractivity contribution is 5.68. The lowest BCUT2D eigenvalue weighted by molar-refractivity contribution is 0.0274. The van der Waals surface area contributed by atoms with E-state index >= 15 is 0 Å². The van der Waals surface area contributed by atoms with Crippen LogP contribution in [0.5, 0.6) is 0 Å². The largest absolute Gasteiger partial charge is 0.444 e. The van der Waals surface area contributed by atoms with Gasteiger partial charge in [0.05, 0.1) is 0 Å². The molecule has 3 rings (SSSR count). The number of likely N-dealkylation sites (tertiary alicyclic amines) is 1. The molecule has 1 saturated heterocycles. The van der Waals surface area contributed by atoms with Gasteiger partial charge in [-0.1, -0.05) is 6.07 Å². The van der Waals surface area contributed by atoms with E-state index in [4.69, 9.17) is 10.5 Å². The van der Waals surface area contributed by atoms with Crippen LogP contribution in [0.2, 0.25) is 0 Å². The second-order valence-electron chi connectivity index (χ2n) is 7.53. The first-order valence-corrected chi connectivity index (χ1v) is 7.62. The van der Waals surface area contributed by atoms with E-state index in [1.807, 2.05) is 31.7 Å². The van der Waals surface area contributed by atoms with Gasteiger partial charge in [0.25, 0.3) is 0 Å². The second-order valence-corrected chi connectivity index (χ2v) is 7.53. The molecule has 1 aromatic carbocycles. The predicted molar refractivity (Wildman–Crippen MR) is 83.1 cm³/mol. The van der Waals surface area contributed by atoms with Crippen LogP contribution in [0, 0.1) is 5.41 Å². The molecule has 2 N–H and O–H groups in total. The standard InChI is InChI=1S/C17H24N2O2/c1-16(2,3)21-15(20)19-7-6-17(11-19)9-12-4-5-14(18)8-13(12)10-17/h4-5,8H,6-7,9-11,18H2,1-3H3. The third kappa shape index (κ3) is 2.85. The SMILES string of the molecule is CC(C)(C)OC(=O)N1CCC2(Cc3ccc(N)cc3C2)C1. The van der Waals surface area contributed by atoms with Crippen LogP contribution in [0.4, 0.5) is 10.5 Å². The zero-order chi connectivity index (χ0) is 15.3. The minimum absolute atomic E-state index is 0.185. The lowest BCUT2D eigenvalue weighted by Gasteiger charge is -2.26. The van der Waals surface area contributed by atoms with Crippen LogP contribution < -0.4 is 5.73 Å². The number of fused-ring (bicyclic) bond motifs is 1. The Bertz CT molecular complexity index is 577. The van der Waals surface area contributed by atoms with Gasteiger partial charge >= 0.3 is 6.09 Å². The molecule has 114 valence electrons. The van der Waals surface area contributed by atoms with Crippen molar-refractivity contribution in [3.63, 3.8) is 0 Å². The molecular weight excluding hydrogens is 264 g/mol. The summed E-state index contributed by atoms with van der Waals surface area (Å²) in [5.74, 6) is 0. The van der Waals surface area contributed by atoms with Crippen LogP contribution >= 0.6 is 0 Å². The molecular formula is C17H24N2O2. The highest BCUT2D eigenvalue weighted by atomic mass is 16.6. The number of hydrogen-bond acceptors (Lipinski definition) is 3. The minimum atomic E-state index is -0.431. The Labute approximate surface area is 126 Å². The Kier molecular flexibility index (Phi) is 3.15. The number of anilines is 1. The maximum absolute atomic E-state index is 12.2. The molecule has 1 fully saturated rings. The van der Waals surface area contributed by atoms with Crippen LogP contribution in [-0.4, -0.2) is 29.7 Å². The normalized spacial score (nSPS) is 24.4. The minimum Gasteiger partial charge on any atom is -0.444 e. The van der Waals surface area contributed by atoms with Gasteiger partial charge in [-0.15, -0.1) is 0 Å². The number of ether oxygens (including phenoxy) is 1. The molecule has 0 saturated carbocycles. The lowest BCUT2D eigenvalue weighted by atomic mass is 9.84. The van der Waals surface area contributed by atoms with E-state index in [0.717, 1.165) is 38.0 Å². The van der Waals surface area contributed by atoms with Gasteiger partial charge in [-0.25, -0.2) is 4.79 Å². The summed E-state index contributed by atoms with van der Waals surface area (Å²) in [4.78, 5) is 14.1. The van der Waals surface area contributed by atoms with Crippen molar-refractivity contribution in [3.05, 3.63) is 29.3 Å². The number of nitrogen functional groups attached to an aromatic ring is 1. The highest BCUT2D eigenvalue weighted by Gasteiger charge is 2.44. The van der Waals surface area contributed by atoms with Crippen LogP contribution in [0.25, 0.3) is 0 Å². The number of nitrogens with zero attached hydrogens (tertiary/aromatic N) is 1. The van der Waals surface area contributed by atoms with Gasteiger partial charge in [0.2, 0.25) is 0 Å². The van der Waals surface area contributed by atoms with E-state index in [0.29, 0.717) is 0 Å². The summed E-state index contributed by atoms with van der Waals surface area (Å²) in [7, 11) is 0. The first kappa shape index (κ1) is 14.2. The van der Waals surface area contributed by atoms with Crippen molar-refractivity contribution in [2.24, 2.45) is 5.41 Å². The smallest absolute Gasteiger partial charge is 0.410 e. The van der Waals surface area contributed by atoms with Crippen molar-refractivity contribution in [2.45, 2.75) is 45.6 Å². The van der Waals surface area contributed by atoms with Gasteiger partial charge < -0.3 is 15.4 Å². The van der Waals surface area contributed by atoms with Crippen molar-refractivity contribution in [3.8, 4) is 0 Å². The Morgan fingerprint density at radius 3 is 2.71 bits per heavy atom. The maximum Gasteiger partial charge on any atom is 0.410 e. The van der Waals surface area contributed by atoms with Gasteiger partial charge in [-0.05, 0) is 68.7 Å². The predicted octanol–water partition coefficient (Wildman–Crippen LogP) is 2.99. The third-order valence-corrected chi connectivity index (χ3v) is 4.45. The fourth-order valence-corrected chi connectivity index (χ4v) is 3.56. The summed E-state index contributed by atoms with van der Waals surface area (Å²) >= 11 is 0. The number of carbonyl (C=O) groups is 1. The number of hydrogen-bond donors (Lipinski definition) is 1. The number of carbonyl (C=O) groups excluding carboxylic acids is 1. The molecule has 21 heavy (non-hydrogen) atoms. The molecule has 1 amide bonds. The van der Waals surface area contributed by atoms with E-state index < -0.39 is 5.60 Å². The molecule has 0 aromatic heterocycles. The Hall–Kier alpha value is -1.71. The monoisotopic (exact) mass is 288 g/mol. The lowest BCUT2D eigenvalue weighted by Crippen LogP contribution is -2.37. The Morgan fingerprint density at radius 2 is 2.00 bits per heavy atom. The van der Waals surface area contributed by atoms with E-state index in [9.17, 15) is 4.79 Å². The molecule has 1 aliphatic carbocycles. The molecule has 1 unspecified atom stereocenters. The Morgan fingerprint density at radius 1 is 1.29 bits per heavy atom. The number of nitrogens with two attached hydrogens (primary N) is 1.